The van der Waals surface area contributed by atoms with Gasteiger partial charge in [-0.25, -0.2) is 0 Å². The Balaban J connectivity index is 1.70. The van der Waals surface area contributed by atoms with E-state index in [0.717, 1.165) is 17.7 Å². The molecule has 1 heterocycles. The second-order valence-corrected chi connectivity index (χ2v) is 5.85. The molecule has 7 heteroatoms. The van der Waals surface area contributed by atoms with Gasteiger partial charge in [0.1, 0.15) is 11.4 Å². The molecular formula is C17H19N3O4. The molecule has 0 spiro atoms. The van der Waals surface area contributed by atoms with Crippen molar-refractivity contribution in [1.29, 1.82) is 0 Å². The van der Waals surface area contributed by atoms with Gasteiger partial charge in [0, 0.05) is 11.6 Å². The molecule has 1 aliphatic rings. The minimum atomic E-state index is -0.860. The summed E-state index contributed by atoms with van der Waals surface area (Å²) in [6.07, 6.45) is 2.09. The Kier molecular flexibility index (Phi) is 4.50. The molecule has 3 rings (SSSR count). The molecule has 1 aromatic carbocycles. The SMILES string of the molecule is COc1ccc(-c2cc(C(=O)N[C@@H]3CCC[C@@H]3C(=O)O)[nH]n2)cc1. The largest absolute Gasteiger partial charge is 0.497 e. The van der Waals surface area contributed by atoms with Crippen molar-refractivity contribution in [3.8, 4) is 17.0 Å². The number of benzene rings is 1. The molecule has 1 aliphatic carbocycles. The zero-order chi connectivity index (χ0) is 17.1. The molecule has 2 atom stereocenters. The number of rotatable bonds is 5. The van der Waals surface area contributed by atoms with Crippen LogP contribution < -0.4 is 10.1 Å². The Labute approximate surface area is 139 Å². The predicted molar refractivity (Wildman–Crippen MR) is 86.8 cm³/mol. The molecule has 1 saturated carbocycles. The number of amides is 1. The lowest BCUT2D eigenvalue weighted by atomic mass is 10.0. The first-order valence-corrected chi connectivity index (χ1v) is 7.82. The van der Waals surface area contributed by atoms with E-state index in [-0.39, 0.29) is 11.9 Å². The number of methoxy groups -OCH3 is 1. The number of hydrogen-bond donors (Lipinski definition) is 3. The van der Waals surface area contributed by atoms with Gasteiger partial charge in [0.25, 0.3) is 5.91 Å². The number of hydrogen-bond acceptors (Lipinski definition) is 4. The van der Waals surface area contributed by atoms with E-state index in [2.05, 4.69) is 15.5 Å². The van der Waals surface area contributed by atoms with Gasteiger partial charge in [-0.15, -0.1) is 0 Å². The highest BCUT2D eigenvalue weighted by Crippen LogP contribution is 2.26. The molecule has 24 heavy (non-hydrogen) atoms. The summed E-state index contributed by atoms with van der Waals surface area (Å²) in [5.41, 5.74) is 1.82. The Hall–Kier alpha value is -2.83. The fourth-order valence-corrected chi connectivity index (χ4v) is 3.02. The van der Waals surface area contributed by atoms with Crippen LogP contribution in [0.4, 0.5) is 0 Å². The highest BCUT2D eigenvalue weighted by atomic mass is 16.5. The second-order valence-electron chi connectivity index (χ2n) is 5.85. The zero-order valence-corrected chi connectivity index (χ0v) is 13.3. The van der Waals surface area contributed by atoms with Crippen molar-refractivity contribution in [1.82, 2.24) is 15.5 Å². The predicted octanol–water partition coefficient (Wildman–Crippen LogP) is 2.07. The summed E-state index contributed by atoms with van der Waals surface area (Å²) in [5, 5.41) is 18.8. The van der Waals surface area contributed by atoms with Gasteiger partial charge < -0.3 is 15.2 Å². The first kappa shape index (κ1) is 16.0. The minimum absolute atomic E-state index is 0.317. The van der Waals surface area contributed by atoms with Crippen molar-refractivity contribution in [2.24, 2.45) is 5.92 Å². The van der Waals surface area contributed by atoms with Crippen molar-refractivity contribution >= 4 is 11.9 Å². The zero-order valence-electron chi connectivity index (χ0n) is 13.3. The first-order valence-electron chi connectivity index (χ1n) is 7.82. The summed E-state index contributed by atoms with van der Waals surface area (Å²) in [5.74, 6) is -0.965. The molecule has 3 N–H and O–H groups in total. The van der Waals surface area contributed by atoms with Crippen LogP contribution in [0.5, 0.6) is 5.75 Å². The number of ether oxygens (including phenoxy) is 1. The van der Waals surface area contributed by atoms with Crippen LogP contribution >= 0.6 is 0 Å². The van der Waals surface area contributed by atoms with Crippen molar-refractivity contribution in [2.75, 3.05) is 7.11 Å². The summed E-state index contributed by atoms with van der Waals surface area (Å²) in [7, 11) is 1.60. The van der Waals surface area contributed by atoms with Gasteiger partial charge in [-0.2, -0.15) is 5.10 Å². The molecule has 1 fully saturated rings. The van der Waals surface area contributed by atoms with Gasteiger partial charge >= 0.3 is 5.97 Å². The Bertz CT molecular complexity index is 739. The highest BCUT2D eigenvalue weighted by molar-refractivity contribution is 5.94. The van der Waals surface area contributed by atoms with Crippen molar-refractivity contribution < 1.29 is 19.4 Å². The molecule has 2 aromatic rings. The lowest BCUT2D eigenvalue weighted by molar-refractivity contribution is -0.142. The van der Waals surface area contributed by atoms with E-state index in [9.17, 15) is 14.7 Å². The van der Waals surface area contributed by atoms with E-state index in [1.54, 1.807) is 13.2 Å². The third-order valence-corrected chi connectivity index (χ3v) is 4.36. The van der Waals surface area contributed by atoms with Crippen molar-refractivity contribution in [3.05, 3.63) is 36.0 Å². The third kappa shape index (κ3) is 3.24. The van der Waals surface area contributed by atoms with Crippen LogP contribution in [0.1, 0.15) is 29.8 Å². The number of nitrogens with one attached hydrogen (secondary N) is 2. The van der Waals surface area contributed by atoms with Crippen LogP contribution in [0.25, 0.3) is 11.3 Å². The summed E-state index contributed by atoms with van der Waals surface area (Å²) in [6, 6.07) is 8.67. The highest BCUT2D eigenvalue weighted by Gasteiger charge is 2.34. The van der Waals surface area contributed by atoms with Gasteiger partial charge in [-0.1, -0.05) is 6.42 Å². The van der Waals surface area contributed by atoms with E-state index in [1.807, 2.05) is 24.3 Å². The maximum atomic E-state index is 12.3. The molecule has 0 unspecified atom stereocenters. The van der Waals surface area contributed by atoms with E-state index in [4.69, 9.17) is 4.74 Å². The van der Waals surface area contributed by atoms with E-state index >= 15 is 0 Å². The standard InChI is InChI=1S/C17H19N3O4/c1-24-11-7-5-10(6-8-11)14-9-15(20-19-14)16(21)18-13-4-2-3-12(13)17(22)23/h5-9,12-13H,2-4H2,1H3,(H,18,21)(H,19,20)(H,22,23)/t12-,13+/m0/s1. The number of nitrogens with zero attached hydrogens (tertiary/aromatic N) is 1. The molecule has 0 radical (unpaired) electrons. The lowest BCUT2D eigenvalue weighted by Crippen LogP contribution is -2.40. The molecule has 7 nitrogen and oxygen atoms in total. The van der Waals surface area contributed by atoms with Crippen LogP contribution in [0.2, 0.25) is 0 Å². The Morgan fingerprint density at radius 2 is 2.04 bits per heavy atom. The maximum absolute atomic E-state index is 12.3. The second kappa shape index (κ2) is 6.74. The van der Waals surface area contributed by atoms with E-state index in [1.165, 1.54) is 0 Å². The number of aromatic amines is 1. The Morgan fingerprint density at radius 1 is 1.29 bits per heavy atom. The van der Waals surface area contributed by atoms with Crippen LogP contribution in [0.3, 0.4) is 0 Å². The van der Waals surface area contributed by atoms with Crippen LogP contribution in [-0.2, 0) is 4.79 Å². The number of H-pyrrole nitrogens is 1. The summed E-state index contributed by atoms with van der Waals surface area (Å²) in [4.78, 5) is 23.5. The number of carboxylic acids is 1. The number of carboxylic acid groups (broad SMARTS) is 1. The number of carbonyl (C=O) groups excluding carboxylic acids is 1. The molecular weight excluding hydrogens is 310 g/mol. The molecule has 1 aromatic heterocycles. The summed E-state index contributed by atoms with van der Waals surface area (Å²) >= 11 is 0. The first-order chi connectivity index (χ1) is 11.6. The Morgan fingerprint density at radius 3 is 2.71 bits per heavy atom. The quantitative estimate of drug-likeness (QED) is 0.779. The van der Waals surface area contributed by atoms with Gasteiger partial charge in [0.05, 0.1) is 18.7 Å². The average Bonchev–Trinajstić information content (AvgIpc) is 3.24. The summed E-state index contributed by atoms with van der Waals surface area (Å²) < 4.78 is 5.11. The van der Waals surface area contributed by atoms with Crippen molar-refractivity contribution in [3.63, 3.8) is 0 Å². The number of carbonyl (C=O) groups is 2. The molecule has 0 saturated heterocycles. The number of aliphatic carboxylic acids is 1. The average molecular weight is 329 g/mol. The molecule has 0 bridgehead atoms. The third-order valence-electron chi connectivity index (χ3n) is 4.36. The van der Waals surface area contributed by atoms with Crippen molar-refractivity contribution in [2.45, 2.75) is 25.3 Å². The van der Waals surface area contributed by atoms with Gasteiger partial charge in [-0.3, -0.25) is 14.7 Å². The van der Waals surface area contributed by atoms with Crippen LogP contribution in [0.15, 0.2) is 30.3 Å². The van der Waals surface area contributed by atoms with Gasteiger partial charge in [0.15, 0.2) is 0 Å². The number of aromatic nitrogens is 2. The maximum Gasteiger partial charge on any atom is 0.308 e. The summed E-state index contributed by atoms with van der Waals surface area (Å²) in [6.45, 7) is 0. The van der Waals surface area contributed by atoms with Gasteiger partial charge in [0.2, 0.25) is 0 Å². The fourth-order valence-electron chi connectivity index (χ4n) is 3.02. The van der Waals surface area contributed by atoms with E-state index in [0.29, 0.717) is 24.2 Å². The fraction of sp³-hybridized carbons (Fsp3) is 0.353. The van der Waals surface area contributed by atoms with Crippen LogP contribution in [0, 0.1) is 5.92 Å². The molecule has 1 amide bonds. The minimum Gasteiger partial charge on any atom is -0.497 e. The van der Waals surface area contributed by atoms with E-state index < -0.39 is 11.9 Å². The normalized spacial score (nSPS) is 19.9. The molecule has 0 aliphatic heterocycles. The van der Waals surface area contributed by atoms with Gasteiger partial charge in [-0.05, 0) is 43.2 Å². The molecule has 126 valence electrons. The monoisotopic (exact) mass is 329 g/mol. The van der Waals surface area contributed by atoms with Crippen LogP contribution in [-0.4, -0.2) is 40.3 Å². The topological polar surface area (TPSA) is 104 Å². The lowest BCUT2D eigenvalue weighted by Gasteiger charge is -2.16. The smallest absolute Gasteiger partial charge is 0.308 e.